The van der Waals surface area contributed by atoms with Crippen LogP contribution in [0.5, 0.6) is 0 Å². The Hall–Kier alpha value is -0.650. The molecule has 0 bridgehead atoms. The van der Waals surface area contributed by atoms with Crippen LogP contribution in [0.15, 0.2) is 0 Å². The molecule has 0 spiro atoms. The van der Waals surface area contributed by atoms with E-state index in [1.807, 2.05) is 0 Å². The average Bonchev–Trinajstić information content (AvgIpc) is 2.38. The molecule has 3 atom stereocenters. The zero-order chi connectivity index (χ0) is 12.1. The van der Waals surface area contributed by atoms with Gasteiger partial charge >= 0.3 is 0 Å². The van der Waals surface area contributed by atoms with E-state index in [4.69, 9.17) is 4.74 Å². The first-order valence-corrected chi connectivity index (χ1v) is 6.58. The topological polar surface area (TPSA) is 62.4 Å². The van der Waals surface area contributed by atoms with E-state index >= 15 is 0 Å². The van der Waals surface area contributed by atoms with Gasteiger partial charge in [0.1, 0.15) is 0 Å². The van der Waals surface area contributed by atoms with Crippen molar-refractivity contribution in [1.82, 2.24) is 16.0 Å². The normalized spacial score (nSPS) is 34.3. The van der Waals surface area contributed by atoms with Crippen LogP contribution in [0.25, 0.3) is 0 Å². The van der Waals surface area contributed by atoms with Crippen LogP contribution in [0.4, 0.5) is 0 Å². The second-order valence-electron chi connectivity index (χ2n) is 5.10. The highest BCUT2D eigenvalue weighted by atomic mass is 16.5. The number of carbonyl (C=O) groups excluding carboxylic acids is 1. The lowest BCUT2D eigenvalue weighted by molar-refractivity contribution is -0.123. The third-order valence-electron chi connectivity index (χ3n) is 3.48. The molecule has 0 aromatic heterocycles. The number of rotatable bonds is 3. The van der Waals surface area contributed by atoms with Gasteiger partial charge in [-0.2, -0.15) is 0 Å². The molecule has 98 valence electrons. The van der Waals surface area contributed by atoms with Gasteiger partial charge in [-0.05, 0) is 25.7 Å². The molecule has 0 aromatic rings. The maximum absolute atomic E-state index is 11.9. The van der Waals surface area contributed by atoms with E-state index < -0.39 is 0 Å². The fourth-order valence-electron chi connectivity index (χ4n) is 2.30. The summed E-state index contributed by atoms with van der Waals surface area (Å²) in [6, 6.07) is 0.363. The smallest absolute Gasteiger partial charge is 0.238 e. The molecule has 2 heterocycles. The second kappa shape index (κ2) is 6.33. The van der Waals surface area contributed by atoms with Gasteiger partial charge in [0, 0.05) is 32.3 Å². The number of hydrogen-bond acceptors (Lipinski definition) is 4. The van der Waals surface area contributed by atoms with Gasteiger partial charge in [0.2, 0.25) is 5.91 Å². The highest BCUT2D eigenvalue weighted by Crippen LogP contribution is 2.12. The SMILES string of the molecule is CC1CNC(C(=O)NCC2CCCOC2)CN1. The molecule has 0 aromatic carbocycles. The van der Waals surface area contributed by atoms with E-state index in [0.717, 1.165) is 39.1 Å². The first kappa shape index (κ1) is 12.8. The number of carbonyl (C=O) groups is 1. The van der Waals surface area contributed by atoms with Crippen molar-refractivity contribution < 1.29 is 9.53 Å². The van der Waals surface area contributed by atoms with Gasteiger partial charge in [-0.3, -0.25) is 4.79 Å². The van der Waals surface area contributed by atoms with Crippen molar-refractivity contribution in [2.75, 3.05) is 32.8 Å². The van der Waals surface area contributed by atoms with Crippen LogP contribution in [0.2, 0.25) is 0 Å². The highest BCUT2D eigenvalue weighted by molar-refractivity contribution is 5.82. The molecule has 2 saturated heterocycles. The first-order valence-electron chi connectivity index (χ1n) is 6.58. The minimum Gasteiger partial charge on any atom is -0.381 e. The number of hydrogen-bond donors (Lipinski definition) is 3. The molecule has 2 aliphatic rings. The standard InChI is InChI=1S/C12H23N3O2/c1-9-5-14-11(7-13-9)12(16)15-6-10-3-2-4-17-8-10/h9-11,13-14H,2-8H2,1H3,(H,15,16). The van der Waals surface area contributed by atoms with Crippen LogP contribution in [0.1, 0.15) is 19.8 Å². The van der Waals surface area contributed by atoms with E-state index in [-0.39, 0.29) is 11.9 Å². The van der Waals surface area contributed by atoms with E-state index in [2.05, 4.69) is 22.9 Å². The Labute approximate surface area is 103 Å². The molecule has 5 nitrogen and oxygen atoms in total. The summed E-state index contributed by atoms with van der Waals surface area (Å²) in [6.45, 7) is 6.08. The van der Waals surface area contributed by atoms with Gasteiger partial charge in [-0.25, -0.2) is 0 Å². The van der Waals surface area contributed by atoms with Gasteiger partial charge in [-0.15, -0.1) is 0 Å². The van der Waals surface area contributed by atoms with Crippen LogP contribution in [0.3, 0.4) is 0 Å². The minimum absolute atomic E-state index is 0.0873. The molecule has 0 saturated carbocycles. The number of piperazine rings is 1. The predicted molar refractivity (Wildman–Crippen MR) is 65.8 cm³/mol. The Morgan fingerprint density at radius 1 is 1.41 bits per heavy atom. The Morgan fingerprint density at radius 3 is 2.94 bits per heavy atom. The Balaban J connectivity index is 1.66. The number of nitrogens with one attached hydrogen (secondary N) is 3. The van der Waals surface area contributed by atoms with Crippen LogP contribution >= 0.6 is 0 Å². The molecule has 0 aliphatic carbocycles. The summed E-state index contributed by atoms with van der Waals surface area (Å²) in [6.07, 6.45) is 2.27. The summed E-state index contributed by atoms with van der Waals surface area (Å²) < 4.78 is 5.39. The lowest BCUT2D eigenvalue weighted by Gasteiger charge is -2.29. The van der Waals surface area contributed by atoms with Gasteiger partial charge in [-0.1, -0.05) is 0 Å². The molecule has 2 fully saturated rings. The predicted octanol–water partition coefficient (Wildman–Crippen LogP) is -0.521. The van der Waals surface area contributed by atoms with Crippen molar-refractivity contribution in [3.05, 3.63) is 0 Å². The highest BCUT2D eigenvalue weighted by Gasteiger charge is 2.24. The molecule has 3 unspecified atom stereocenters. The van der Waals surface area contributed by atoms with Gasteiger partial charge in [0.25, 0.3) is 0 Å². The third-order valence-corrected chi connectivity index (χ3v) is 3.48. The van der Waals surface area contributed by atoms with Crippen molar-refractivity contribution in [3.8, 4) is 0 Å². The summed E-state index contributed by atoms with van der Waals surface area (Å²) in [4.78, 5) is 11.9. The molecule has 17 heavy (non-hydrogen) atoms. The first-order chi connectivity index (χ1) is 8.25. The fourth-order valence-corrected chi connectivity index (χ4v) is 2.30. The second-order valence-corrected chi connectivity index (χ2v) is 5.10. The molecule has 1 amide bonds. The monoisotopic (exact) mass is 241 g/mol. The molecule has 2 aliphatic heterocycles. The zero-order valence-electron chi connectivity index (χ0n) is 10.5. The number of amides is 1. The van der Waals surface area contributed by atoms with Gasteiger partial charge < -0.3 is 20.7 Å². The largest absolute Gasteiger partial charge is 0.381 e. The lowest BCUT2D eigenvalue weighted by atomic mass is 10.0. The van der Waals surface area contributed by atoms with Crippen LogP contribution in [-0.2, 0) is 9.53 Å². The maximum Gasteiger partial charge on any atom is 0.238 e. The van der Waals surface area contributed by atoms with Crippen LogP contribution < -0.4 is 16.0 Å². The molecular weight excluding hydrogens is 218 g/mol. The summed E-state index contributed by atoms with van der Waals surface area (Å²) in [5.41, 5.74) is 0. The lowest BCUT2D eigenvalue weighted by Crippen LogP contribution is -2.59. The van der Waals surface area contributed by atoms with Crippen molar-refractivity contribution in [2.24, 2.45) is 5.92 Å². The van der Waals surface area contributed by atoms with Gasteiger partial charge in [0.15, 0.2) is 0 Å². The summed E-state index contributed by atoms with van der Waals surface area (Å²) in [5.74, 6) is 0.596. The quantitative estimate of drug-likeness (QED) is 0.622. The third kappa shape index (κ3) is 3.94. The summed E-state index contributed by atoms with van der Waals surface area (Å²) >= 11 is 0. The van der Waals surface area contributed by atoms with Crippen molar-refractivity contribution >= 4 is 5.91 Å². The number of ether oxygens (including phenoxy) is 1. The average molecular weight is 241 g/mol. The molecule has 2 rings (SSSR count). The van der Waals surface area contributed by atoms with Crippen molar-refractivity contribution in [3.63, 3.8) is 0 Å². The molecule has 0 radical (unpaired) electrons. The Bertz CT molecular complexity index is 246. The minimum atomic E-state index is -0.0873. The Morgan fingerprint density at radius 2 is 2.29 bits per heavy atom. The molecule has 5 heteroatoms. The van der Waals surface area contributed by atoms with E-state index in [1.165, 1.54) is 0 Å². The van der Waals surface area contributed by atoms with Crippen LogP contribution in [0, 0.1) is 5.92 Å². The maximum atomic E-state index is 11.9. The fraction of sp³-hybridized carbons (Fsp3) is 0.917. The van der Waals surface area contributed by atoms with E-state index in [0.29, 0.717) is 18.5 Å². The molecular formula is C12H23N3O2. The van der Waals surface area contributed by atoms with Gasteiger partial charge in [0.05, 0.1) is 12.6 Å². The Kier molecular flexibility index (Phi) is 4.76. The van der Waals surface area contributed by atoms with Crippen LogP contribution in [-0.4, -0.2) is 50.8 Å². The summed E-state index contributed by atoms with van der Waals surface area (Å²) in [7, 11) is 0. The van der Waals surface area contributed by atoms with Crippen molar-refractivity contribution in [2.45, 2.75) is 31.8 Å². The molecule has 3 N–H and O–H groups in total. The van der Waals surface area contributed by atoms with Crippen molar-refractivity contribution in [1.29, 1.82) is 0 Å². The van der Waals surface area contributed by atoms with E-state index in [1.54, 1.807) is 0 Å². The summed E-state index contributed by atoms with van der Waals surface area (Å²) in [5, 5.41) is 9.57. The zero-order valence-corrected chi connectivity index (χ0v) is 10.5. The van der Waals surface area contributed by atoms with E-state index in [9.17, 15) is 4.79 Å².